The van der Waals surface area contributed by atoms with Gasteiger partial charge in [0.2, 0.25) is 0 Å². The van der Waals surface area contributed by atoms with Crippen molar-refractivity contribution in [2.75, 3.05) is 13.1 Å². The minimum Gasteiger partial charge on any atom is -0.481 e. The molecule has 1 heterocycles. The van der Waals surface area contributed by atoms with Gasteiger partial charge in [-0.05, 0) is 30.9 Å². The van der Waals surface area contributed by atoms with Crippen molar-refractivity contribution in [3.63, 3.8) is 0 Å². The molecule has 0 spiro atoms. The molecule has 2 amide bonds. The Morgan fingerprint density at radius 3 is 2.81 bits per heavy atom. The fraction of sp³-hybridized carbons (Fsp3) is 0.500. The maximum absolute atomic E-state index is 12.2. The third kappa shape index (κ3) is 2.48. The molecule has 21 heavy (non-hydrogen) atoms. The van der Waals surface area contributed by atoms with E-state index >= 15 is 0 Å². The van der Waals surface area contributed by atoms with Crippen LogP contribution in [0.1, 0.15) is 30.4 Å². The van der Waals surface area contributed by atoms with E-state index in [9.17, 15) is 9.59 Å². The number of amides is 2. The van der Waals surface area contributed by atoms with E-state index in [2.05, 4.69) is 17.4 Å². The minimum atomic E-state index is -0.814. The van der Waals surface area contributed by atoms with Gasteiger partial charge < -0.3 is 15.3 Å². The zero-order valence-electron chi connectivity index (χ0n) is 12.1. The average Bonchev–Trinajstić information content (AvgIpc) is 2.81. The van der Waals surface area contributed by atoms with E-state index in [1.54, 1.807) is 4.90 Å². The highest BCUT2D eigenvalue weighted by atomic mass is 16.4. The molecule has 0 radical (unpaired) electrons. The van der Waals surface area contributed by atoms with Gasteiger partial charge >= 0.3 is 12.0 Å². The second kappa shape index (κ2) is 5.39. The summed E-state index contributed by atoms with van der Waals surface area (Å²) in [6.07, 6.45) is 1.54. The third-order valence-corrected chi connectivity index (χ3v) is 4.79. The Morgan fingerprint density at radius 2 is 2.14 bits per heavy atom. The van der Waals surface area contributed by atoms with Crippen molar-refractivity contribution in [3.05, 3.63) is 35.4 Å². The van der Waals surface area contributed by atoms with Crippen LogP contribution in [0.3, 0.4) is 0 Å². The molecule has 1 aliphatic carbocycles. The normalized spacial score (nSPS) is 26.9. The predicted octanol–water partition coefficient (Wildman–Crippen LogP) is 1.83. The Hall–Kier alpha value is -2.04. The standard InChI is InChI=1S/C16H20N2O3/c1-10-13(15(19)20)6-7-18(10)16(21)17-9-12-8-11-4-2-3-5-14(11)12/h2-5,10,12-13H,6-9H2,1H3,(H,17,21)(H,19,20). The number of aliphatic carboxylic acids is 1. The summed E-state index contributed by atoms with van der Waals surface area (Å²) in [5, 5.41) is 12.1. The maximum atomic E-state index is 12.2. The number of benzene rings is 1. The van der Waals surface area contributed by atoms with Crippen molar-refractivity contribution in [2.45, 2.75) is 31.7 Å². The Balaban J connectivity index is 1.53. The lowest BCUT2D eigenvalue weighted by atomic mass is 9.78. The number of rotatable bonds is 3. The van der Waals surface area contributed by atoms with Gasteiger partial charge in [0.25, 0.3) is 0 Å². The smallest absolute Gasteiger partial charge is 0.317 e. The molecule has 2 N–H and O–H groups in total. The van der Waals surface area contributed by atoms with Gasteiger partial charge in [0.1, 0.15) is 0 Å². The lowest BCUT2D eigenvalue weighted by molar-refractivity contribution is -0.142. The van der Waals surface area contributed by atoms with Crippen LogP contribution in [0.25, 0.3) is 0 Å². The number of hydrogen-bond acceptors (Lipinski definition) is 2. The number of nitrogens with one attached hydrogen (secondary N) is 1. The molecule has 2 aliphatic rings. The number of carbonyl (C=O) groups excluding carboxylic acids is 1. The molecule has 3 unspecified atom stereocenters. The molecular weight excluding hydrogens is 268 g/mol. The van der Waals surface area contributed by atoms with Crippen LogP contribution in [0.5, 0.6) is 0 Å². The Bertz CT molecular complexity index is 572. The lowest BCUT2D eigenvalue weighted by Crippen LogP contribution is -2.45. The van der Waals surface area contributed by atoms with E-state index in [-0.39, 0.29) is 12.1 Å². The molecule has 1 fully saturated rings. The van der Waals surface area contributed by atoms with Crippen LogP contribution >= 0.6 is 0 Å². The molecule has 5 heteroatoms. The Morgan fingerprint density at radius 1 is 1.38 bits per heavy atom. The van der Waals surface area contributed by atoms with Crippen LogP contribution in [0.15, 0.2) is 24.3 Å². The van der Waals surface area contributed by atoms with Crippen molar-refractivity contribution in [3.8, 4) is 0 Å². The quantitative estimate of drug-likeness (QED) is 0.891. The molecule has 3 rings (SSSR count). The first-order chi connectivity index (χ1) is 10.1. The highest BCUT2D eigenvalue weighted by molar-refractivity contribution is 5.78. The van der Waals surface area contributed by atoms with Crippen LogP contribution in [0.2, 0.25) is 0 Å². The van der Waals surface area contributed by atoms with Gasteiger partial charge in [0.15, 0.2) is 0 Å². The number of urea groups is 1. The minimum absolute atomic E-state index is 0.143. The van der Waals surface area contributed by atoms with Crippen molar-refractivity contribution in [1.29, 1.82) is 0 Å². The van der Waals surface area contributed by atoms with Crippen LogP contribution in [0.4, 0.5) is 4.79 Å². The van der Waals surface area contributed by atoms with Gasteiger partial charge in [-0.15, -0.1) is 0 Å². The SMILES string of the molecule is CC1C(C(=O)O)CCN1C(=O)NCC1Cc2ccccc21. The third-order valence-electron chi connectivity index (χ3n) is 4.79. The van der Waals surface area contributed by atoms with E-state index in [0.29, 0.717) is 25.4 Å². The van der Waals surface area contributed by atoms with Crippen molar-refractivity contribution >= 4 is 12.0 Å². The lowest BCUT2D eigenvalue weighted by Gasteiger charge is -2.31. The van der Waals surface area contributed by atoms with E-state index in [4.69, 9.17) is 5.11 Å². The number of likely N-dealkylation sites (tertiary alicyclic amines) is 1. The molecule has 1 saturated heterocycles. The monoisotopic (exact) mass is 288 g/mol. The van der Waals surface area contributed by atoms with Crippen LogP contribution in [-0.2, 0) is 11.2 Å². The van der Waals surface area contributed by atoms with Crippen LogP contribution < -0.4 is 5.32 Å². The number of nitrogens with zero attached hydrogens (tertiary/aromatic N) is 1. The molecule has 1 aliphatic heterocycles. The van der Waals surface area contributed by atoms with E-state index in [1.807, 2.05) is 19.1 Å². The summed E-state index contributed by atoms with van der Waals surface area (Å²) >= 11 is 0. The average molecular weight is 288 g/mol. The summed E-state index contributed by atoms with van der Waals surface area (Å²) in [5.74, 6) is -0.871. The van der Waals surface area contributed by atoms with E-state index in [0.717, 1.165) is 6.42 Å². The molecule has 1 aromatic rings. The summed E-state index contributed by atoms with van der Waals surface area (Å²) in [4.78, 5) is 24.9. The number of carbonyl (C=O) groups is 2. The maximum Gasteiger partial charge on any atom is 0.317 e. The first-order valence-corrected chi connectivity index (χ1v) is 7.43. The molecule has 3 atom stereocenters. The van der Waals surface area contributed by atoms with E-state index < -0.39 is 11.9 Å². The van der Waals surface area contributed by atoms with Crippen molar-refractivity contribution < 1.29 is 14.7 Å². The Kier molecular flexibility index (Phi) is 3.57. The molecule has 5 nitrogen and oxygen atoms in total. The number of hydrogen-bond donors (Lipinski definition) is 2. The number of carboxylic acids is 1. The summed E-state index contributed by atoms with van der Waals surface area (Å²) in [7, 11) is 0. The summed E-state index contributed by atoms with van der Waals surface area (Å²) < 4.78 is 0. The number of carboxylic acid groups (broad SMARTS) is 1. The van der Waals surface area contributed by atoms with Crippen LogP contribution in [-0.4, -0.2) is 41.1 Å². The zero-order chi connectivity index (χ0) is 15.0. The fourth-order valence-corrected chi connectivity index (χ4v) is 3.41. The topological polar surface area (TPSA) is 69.6 Å². The second-order valence-electron chi connectivity index (χ2n) is 5.95. The van der Waals surface area contributed by atoms with Crippen LogP contribution in [0, 0.1) is 5.92 Å². The van der Waals surface area contributed by atoms with Gasteiger partial charge in [-0.2, -0.15) is 0 Å². The first-order valence-electron chi connectivity index (χ1n) is 7.43. The zero-order valence-corrected chi connectivity index (χ0v) is 12.1. The predicted molar refractivity (Wildman–Crippen MR) is 78.2 cm³/mol. The Labute approximate surface area is 123 Å². The second-order valence-corrected chi connectivity index (χ2v) is 5.95. The molecule has 0 aromatic heterocycles. The van der Waals surface area contributed by atoms with Gasteiger partial charge in [-0.3, -0.25) is 4.79 Å². The van der Waals surface area contributed by atoms with Crippen molar-refractivity contribution in [1.82, 2.24) is 10.2 Å². The highest BCUT2D eigenvalue weighted by Gasteiger charge is 2.38. The molecule has 1 aromatic carbocycles. The summed E-state index contributed by atoms with van der Waals surface area (Å²) in [5.41, 5.74) is 2.67. The highest BCUT2D eigenvalue weighted by Crippen LogP contribution is 2.34. The first kappa shape index (κ1) is 13.9. The van der Waals surface area contributed by atoms with E-state index in [1.165, 1.54) is 11.1 Å². The van der Waals surface area contributed by atoms with Gasteiger partial charge in [-0.1, -0.05) is 24.3 Å². The van der Waals surface area contributed by atoms with Crippen molar-refractivity contribution in [2.24, 2.45) is 5.92 Å². The summed E-state index contributed by atoms with van der Waals surface area (Å²) in [6, 6.07) is 7.90. The van der Waals surface area contributed by atoms with Gasteiger partial charge in [-0.25, -0.2) is 4.79 Å². The van der Waals surface area contributed by atoms with Gasteiger partial charge in [0.05, 0.1) is 5.92 Å². The summed E-state index contributed by atoms with van der Waals surface area (Å²) in [6.45, 7) is 2.95. The number of fused-ring (bicyclic) bond motifs is 1. The fourth-order valence-electron chi connectivity index (χ4n) is 3.41. The molecular formula is C16H20N2O3. The molecule has 0 bridgehead atoms. The largest absolute Gasteiger partial charge is 0.481 e. The van der Waals surface area contributed by atoms with Gasteiger partial charge in [0, 0.05) is 25.0 Å². The molecule has 112 valence electrons. The molecule has 0 saturated carbocycles.